The lowest BCUT2D eigenvalue weighted by molar-refractivity contribution is -0.274. The summed E-state index contributed by atoms with van der Waals surface area (Å²) in [6.45, 7) is 0. The average Bonchev–Trinajstić information content (AvgIpc) is 2.14. The molecule has 1 aromatic rings. The Bertz CT molecular complexity index is 470. The van der Waals surface area contributed by atoms with Gasteiger partial charge in [0.15, 0.2) is 0 Å². The maximum absolute atomic E-state index is 12.0. The van der Waals surface area contributed by atoms with E-state index in [-0.39, 0.29) is 0 Å². The summed E-state index contributed by atoms with van der Waals surface area (Å²) in [6.07, 6.45) is -5.04. The summed E-state index contributed by atoms with van der Waals surface area (Å²) in [7, 11) is 0. The molecular formula is C9H6F3NO4. The third-order valence-electron chi connectivity index (χ3n) is 1.72. The van der Waals surface area contributed by atoms with E-state index in [4.69, 9.17) is 10.8 Å². The van der Waals surface area contributed by atoms with Crippen molar-refractivity contribution in [3.05, 3.63) is 29.3 Å². The van der Waals surface area contributed by atoms with E-state index in [1.165, 1.54) is 0 Å². The highest BCUT2D eigenvalue weighted by atomic mass is 19.4. The van der Waals surface area contributed by atoms with Crippen molar-refractivity contribution in [3.63, 3.8) is 0 Å². The second kappa shape index (κ2) is 4.32. The number of aromatic carboxylic acids is 1. The number of benzene rings is 1. The highest BCUT2D eigenvalue weighted by Crippen LogP contribution is 2.27. The summed E-state index contributed by atoms with van der Waals surface area (Å²) in [5.74, 6) is -3.54. The minimum atomic E-state index is -5.04. The number of alkyl halides is 3. The zero-order chi connectivity index (χ0) is 13.2. The smallest absolute Gasteiger partial charge is 0.478 e. The topological polar surface area (TPSA) is 89.6 Å². The standard InChI is InChI=1S/C9H6F3NO4/c10-9(11,12)17-6-3-4(8(15)16)1-2-5(6)7(13)14/h1-3H,(H2,13,14)(H,15,16). The lowest BCUT2D eigenvalue weighted by Crippen LogP contribution is -2.21. The number of carbonyl (C=O) groups is 2. The molecule has 0 atom stereocenters. The molecule has 0 fully saturated rings. The van der Waals surface area contributed by atoms with Crippen molar-refractivity contribution < 1.29 is 32.6 Å². The quantitative estimate of drug-likeness (QED) is 0.846. The van der Waals surface area contributed by atoms with Crippen LogP contribution in [0.5, 0.6) is 5.75 Å². The van der Waals surface area contributed by atoms with Crippen molar-refractivity contribution in [2.75, 3.05) is 0 Å². The van der Waals surface area contributed by atoms with Gasteiger partial charge in [-0.25, -0.2) is 4.79 Å². The minimum Gasteiger partial charge on any atom is -0.478 e. The Hall–Kier alpha value is -2.25. The Balaban J connectivity index is 3.25. The van der Waals surface area contributed by atoms with Crippen molar-refractivity contribution in [1.82, 2.24) is 0 Å². The maximum atomic E-state index is 12.0. The van der Waals surface area contributed by atoms with Crippen LogP contribution in [0, 0.1) is 0 Å². The molecule has 1 amide bonds. The van der Waals surface area contributed by atoms with Gasteiger partial charge in [0.25, 0.3) is 5.91 Å². The van der Waals surface area contributed by atoms with E-state index in [1.807, 2.05) is 0 Å². The number of carboxylic acid groups (broad SMARTS) is 1. The van der Waals surface area contributed by atoms with Gasteiger partial charge in [-0.15, -0.1) is 13.2 Å². The van der Waals surface area contributed by atoms with Crippen LogP contribution in [0.2, 0.25) is 0 Å². The van der Waals surface area contributed by atoms with Crippen LogP contribution < -0.4 is 10.5 Å². The molecule has 17 heavy (non-hydrogen) atoms. The number of ether oxygens (including phenoxy) is 1. The first kappa shape index (κ1) is 12.8. The van der Waals surface area contributed by atoms with E-state index in [9.17, 15) is 22.8 Å². The Morgan fingerprint density at radius 2 is 1.88 bits per heavy atom. The SMILES string of the molecule is NC(=O)c1ccc(C(=O)O)cc1OC(F)(F)F. The van der Waals surface area contributed by atoms with E-state index in [0.717, 1.165) is 12.1 Å². The molecule has 0 unspecified atom stereocenters. The summed E-state index contributed by atoms with van der Waals surface area (Å²) in [5.41, 5.74) is 3.83. The molecule has 1 aromatic carbocycles. The van der Waals surface area contributed by atoms with Crippen LogP contribution in [0.25, 0.3) is 0 Å². The molecule has 0 aliphatic heterocycles. The third-order valence-corrected chi connectivity index (χ3v) is 1.72. The molecule has 0 saturated carbocycles. The lowest BCUT2D eigenvalue weighted by atomic mass is 10.1. The zero-order valence-corrected chi connectivity index (χ0v) is 8.12. The number of amides is 1. The summed E-state index contributed by atoms with van der Waals surface area (Å²) in [5, 5.41) is 8.58. The first-order valence-electron chi connectivity index (χ1n) is 4.13. The number of carbonyl (C=O) groups excluding carboxylic acids is 1. The van der Waals surface area contributed by atoms with Gasteiger partial charge in [0.05, 0.1) is 11.1 Å². The highest BCUT2D eigenvalue weighted by molar-refractivity contribution is 5.97. The predicted octanol–water partition coefficient (Wildman–Crippen LogP) is 1.38. The fourth-order valence-corrected chi connectivity index (χ4v) is 1.07. The van der Waals surface area contributed by atoms with Crippen LogP contribution in [0.3, 0.4) is 0 Å². The first-order valence-corrected chi connectivity index (χ1v) is 4.13. The van der Waals surface area contributed by atoms with Gasteiger partial charge in [-0.05, 0) is 18.2 Å². The van der Waals surface area contributed by atoms with Gasteiger partial charge < -0.3 is 15.6 Å². The molecule has 0 aromatic heterocycles. The number of primary amides is 1. The fourth-order valence-electron chi connectivity index (χ4n) is 1.07. The zero-order valence-electron chi connectivity index (χ0n) is 8.12. The van der Waals surface area contributed by atoms with Crippen molar-refractivity contribution >= 4 is 11.9 Å². The average molecular weight is 249 g/mol. The number of carboxylic acids is 1. The number of nitrogens with two attached hydrogens (primary N) is 1. The van der Waals surface area contributed by atoms with Gasteiger partial charge in [0.1, 0.15) is 5.75 Å². The minimum absolute atomic E-state index is 0.450. The van der Waals surface area contributed by atoms with Gasteiger partial charge in [-0.1, -0.05) is 0 Å². The Kier molecular flexibility index (Phi) is 3.26. The van der Waals surface area contributed by atoms with E-state index >= 15 is 0 Å². The molecule has 1 rings (SSSR count). The Labute approximate surface area is 92.6 Å². The lowest BCUT2D eigenvalue weighted by Gasteiger charge is -2.12. The summed E-state index contributed by atoms with van der Waals surface area (Å²) >= 11 is 0. The van der Waals surface area contributed by atoms with Gasteiger partial charge in [0.2, 0.25) is 0 Å². The van der Waals surface area contributed by atoms with Crippen LogP contribution in [0.4, 0.5) is 13.2 Å². The van der Waals surface area contributed by atoms with Crippen LogP contribution in [-0.4, -0.2) is 23.3 Å². The molecule has 92 valence electrons. The van der Waals surface area contributed by atoms with Crippen LogP contribution in [0.1, 0.15) is 20.7 Å². The predicted molar refractivity (Wildman–Crippen MR) is 48.6 cm³/mol. The number of hydrogen-bond acceptors (Lipinski definition) is 3. The van der Waals surface area contributed by atoms with E-state index < -0.39 is 35.1 Å². The first-order chi connectivity index (χ1) is 7.70. The Morgan fingerprint density at radius 3 is 2.29 bits per heavy atom. The molecule has 3 N–H and O–H groups in total. The normalized spacial score (nSPS) is 11.0. The molecule has 0 heterocycles. The largest absolute Gasteiger partial charge is 0.573 e. The van der Waals surface area contributed by atoms with E-state index in [1.54, 1.807) is 0 Å². The molecule has 0 spiro atoms. The van der Waals surface area contributed by atoms with Crippen LogP contribution in [0.15, 0.2) is 18.2 Å². The van der Waals surface area contributed by atoms with E-state index in [0.29, 0.717) is 6.07 Å². The van der Waals surface area contributed by atoms with Crippen molar-refractivity contribution in [2.45, 2.75) is 6.36 Å². The van der Waals surface area contributed by atoms with Crippen molar-refractivity contribution in [3.8, 4) is 5.75 Å². The fraction of sp³-hybridized carbons (Fsp3) is 0.111. The second-order valence-corrected chi connectivity index (χ2v) is 2.93. The van der Waals surface area contributed by atoms with Gasteiger partial charge >= 0.3 is 12.3 Å². The summed E-state index contributed by atoms with van der Waals surface area (Å²) < 4.78 is 39.5. The van der Waals surface area contributed by atoms with Gasteiger partial charge in [0, 0.05) is 0 Å². The molecule has 0 bridgehead atoms. The maximum Gasteiger partial charge on any atom is 0.573 e. The number of hydrogen-bond donors (Lipinski definition) is 2. The summed E-state index contributed by atoms with van der Waals surface area (Å²) in [6, 6.07) is 2.38. The molecular weight excluding hydrogens is 243 g/mol. The monoisotopic (exact) mass is 249 g/mol. The number of halogens is 3. The molecule has 0 aliphatic rings. The highest BCUT2D eigenvalue weighted by Gasteiger charge is 2.33. The second-order valence-electron chi connectivity index (χ2n) is 2.93. The third kappa shape index (κ3) is 3.37. The molecule has 5 nitrogen and oxygen atoms in total. The van der Waals surface area contributed by atoms with Crippen LogP contribution in [-0.2, 0) is 0 Å². The van der Waals surface area contributed by atoms with Gasteiger partial charge in [-0.3, -0.25) is 4.79 Å². The van der Waals surface area contributed by atoms with E-state index in [2.05, 4.69) is 4.74 Å². The molecule has 0 saturated heterocycles. The number of rotatable bonds is 3. The molecule has 8 heteroatoms. The Morgan fingerprint density at radius 1 is 1.29 bits per heavy atom. The molecule has 0 radical (unpaired) electrons. The van der Waals surface area contributed by atoms with Crippen molar-refractivity contribution in [2.24, 2.45) is 5.73 Å². The van der Waals surface area contributed by atoms with Gasteiger partial charge in [-0.2, -0.15) is 0 Å². The van der Waals surface area contributed by atoms with Crippen molar-refractivity contribution in [1.29, 1.82) is 0 Å². The van der Waals surface area contributed by atoms with Crippen LogP contribution >= 0.6 is 0 Å². The molecule has 0 aliphatic carbocycles. The summed E-state index contributed by atoms with van der Waals surface area (Å²) in [4.78, 5) is 21.4.